The molecule has 7 nitrogen and oxygen atoms in total. The number of amides is 1. The van der Waals surface area contributed by atoms with Crippen LogP contribution in [0, 0.1) is 5.92 Å². The van der Waals surface area contributed by atoms with E-state index in [1.807, 2.05) is 41.4 Å². The Hall–Kier alpha value is -3.35. The summed E-state index contributed by atoms with van der Waals surface area (Å²) in [4.78, 5) is 26.9. The number of aromatic nitrogens is 2. The number of likely N-dealkylation sites (tertiary alicyclic amines) is 1. The molecule has 2 unspecified atom stereocenters. The lowest BCUT2D eigenvalue weighted by Gasteiger charge is -2.53. The number of hydrogen-bond donors (Lipinski definition) is 0. The molecule has 154 valence electrons. The second-order valence-electron chi connectivity index (χ2n) is 7.77. The summed E-state index contributed by atoms with van der Waals surface area (Å²) < 4.78 is 10.9. The molecule has 5 rings (SSSR count). The van der Waals surface area contributed by atoms with Gasteiger partial charge >= 0.3 is 0 Å². The fourth-order valence-electron chi connectivity index (χ4n) is 4.55. The van der Waals surface area contributed by atoms with Gasteiger partial charge in [-0.3, -0.25) is 9.78 Å². The van der Waals surface area contributed by atoms with Crippen LogP contribution in [-0.2, 0) is 0 Å². The molecular weight excluding hydrogens is 380 g/mol. The summed E-state index contributed by atoms with van der Waals surface area (Å²) in [6, 6.07) is 13.5. The van der Waals surface area contributed by atoms with E-state index < -0.39 is 0 Å². The minimum absolute atomic E-state index is 0.0563. The zero-order chi connectivity index (χ0) is 20.7. The SMILES string of the molecule is COc1cccc(OC)c1C(=O)N1CCC2CN(c3cnc4ccccc4n3)C2C1. The van der Waals surface area contributed by atoms with Crippen LogP contribution in [-0.4, -0.2) is 60.7 Å². The Bertz CT molecular complexity index is 1080. The van der Waals surface area contributed by atoms with Crippen LogP contribution in [0.1, 0.15) is 16.8 Å². The number of carbonyl (C=O) groups is 1. The highest BCUT2D eigenvalue weighted by Gasteiger charge is 2.45. The van der Waals surface area contributed by atoms with Gasteiger partial charge in [0, 0.05) is 25.6 Å². The summed E-state index contributed by atoms with van der Waals surface area (Å²) in [5.41, 5.74) is 2.26. The molecule has 1 amide bonds. The molecule has 0 radical (unpaired) electrons. The van der Waals surface area contributed by atoms with Gasteiger partial charge in [-0.1, -0.05) is 18.2 Å². The van der Waals surface area contributed by atoms with Gasteiger partial charge < -0.3 is 19.3 Å². The number of hydrogen-bond acceptors (Lipinski definition) is 6. The number of rotatable bonds is 4. The van der Waals surface area contributed by atoms with Gasteiger partial charge in [0.15, 0.2) is 0 Å². The molecule has 0 spiro atoms. The van der Waals surface area contributed by atoms with Crippen LogP contribution in [0.3, 0.4) is 0 Å². The zero-order valence-electron chi connectivity index (χ0n) is 17.1. The maximum Gasteiger partial charge on any atom is 0.261 e. The molecule has 0 saturated carbocycles. The molecule has 2 saturated heterocycles. The summed E-state index contributed by atoms with van der Waals surface area (Å²) in [6.45, 7) is 2.34. The Kier molecular flexibility index (Phi) is 4.65. The standard InChI is InChI=1S/C23H24N4O3/c1-29-19-8-5-9-20(30-2)22(19)23(28)26-11-10-15-13-27(18(15)14-26)21-12-24-16-6-3-4-7-17(16)25-21/h3-9,12,15,18H,10-11,13-14H2,1-2H3. The first-order chi connectivity index (χ1) is 14.7. The molecule has 0 N–H and O–H groups in total. The molecule has 0 bridgehead atoms. The lowest BCUT2D eigenvalue weighted by molar-refractivity contribution is 0.0585. The number of benzene rings is 2. The van der Waals surface area contributed by atoms with Gasteiger partial charge in [0.05, 0.1) is 37.5 Å². The summed E-state index contributed by atoms with van der Waals surface area (Å²) in [7, 11) is 3.15. The van der Waals surface area contributed by atoms with Crippen molar-refractivity contribution >= 4 is 22.8 Å². The van der Waals surface area contributed by atoms with Crippen molar-refractivity contribution in [1.29, 1.82) is 0 Å². The Balaban J connectivity index is 1.39. The topological polar surface area (TPSA) is 67.8 Å². The molecule has 0 aliphatic carbocycles. The number of methoxy groups -OCH3 is 2. The molecule has 2 aliphatic rings. The highest BCUT2D eigenvalue weighted by atomic mass is 16.5. The molecule has 1 aromatic heterocycles. The van der Waals surface area contributed by atoms with Gasteiger partial charge in [-0.05, 0) is 30.7 Å². The van der Waals surface area contributed by atoms with E-state index in [-0.39, 0.29) is 11.9 Å². The van der Waals surface area contributed by atoms with Gasteiger partial charge in [-0.15, -0.1) is 0 Å². The number of carbonyl (C=O) groups excluding carboxylic acids is 1. The molecular formula is C23H24N4O3. The van der Waals surface area contributed by atoms with Crippen molar-refractivity contribution in [1.82, 2.24) is 14.9 Å². The third-order valence-electron chi connectivity index (χ3n) is 6.21. The van der Waals surface area contributed by atoms with Crippen molar-refractivity contribution < 1.29 is 14.3 Å². The lowest BCUT2D eigenvalue weighted by Crippen LogP contribution is -2.65. The molecule has 3 aromatic rings. The summed E-state index contributed by atoms with van der Waals surface area (Å²) >= 11 is 0. The predicted molar refractivity (Wildman–Crippen MR) is 114 cm³/mol. The normalized spacial score (nSPS) is 20.5. The molecule has 2 aliphatic heterocycles. The predicted octanol–water partition coefficient (Wildman–Crippen LogP) is 3.00. The van der Waals surface area contributed by atoms with Crippen LogP contribution in [0.5, 0.6) is 11.5 Å². The van der Waals surface area contributed by atoms with Gasteiger partial charge in [0.25, 0.3) is 5.91 Å². The monoisotopic (exact) mass is 404 g/mol. The fraction of sp³-hybridized carbons (Fsp3) is 0.348. The molecule has 2 atom stereocenters. The van der Waals surface area contributed by atoms with E-state index in [1.165, 1.54) is 0 Å². The number of anilines is 1. The Labute approximate surface area is 175 Å². The van der Waals surface area contributed by atoms with Crippen LogP contribution in [0.25, 0.3) is 11.0 Å². The van der Waals surface area contributed by atoms with Crippen molar-refractivity contribution in [3.05, 3.63) is 54.2 Å². The van der Waals surface area contributed by atoms with Crippen molar-refractivity contribution in [2.75, 3.05) is 38.8 Å². The van der Waals surface area contributed by atoms with E-state index in [1.54, 1.807) is 26.4 Å². The average Bonchev–Trinajstić information content (AvgIpc) is 2.78. The van der Waals surface area contributed by atoms with Crippen molar-refractivity contribution in [2.24, 2.45) is 5.92 Å². The first-order valence-corrected chi connectivity index (χ1v) is 10.2. The first kappa shape index (κ1) is 18.7. The number of piperidine rings is 1. The Morgan fingerprint density at radius 1 is 1.00 bits per heavy atom. The second-order valence-corrected chi connectivity index (χ2v) is 7.77. The van der Waals surface area contributed by atoms with Crippen molar-refractivity contribution in [3.63, 3.8) is 0 Å². The summed E-state index contributed by atoms with van der Waals surface area (Å²) in [6.07, 6.45) is 2.81. The number of ether oxygens (including phenoxy) is 2. The third-order valence-corrected chi connectivity index (χ3v) is 6.21. The van der Waals surface area contributed by atoms with E-state index >= 15 is 0 Å². The van der Waals surface area contributed by atoms with Crippen molar-refractivity contribution in [3.8, 4) is 11.5 Å². The van der Waals surface area contributed by atoms with E-state index in [0.29, 0.717) is 29.5 Å². The molecule has 3 heterocycles. The van der Waals surface area contributed by atoms with E-state index in [4.69, 9.17) is 14.5 Å². The average molecular weight is 404 g/mol. The van der Waals surface area contributed by atoms with Gasteiger partial charge in [0.2, 0.25) is 0 Å². The quantitative estimate of drug-likeness (QED) is 0.666. The fourth-order valence-corrected chi connectivity index (χ4v) is 4.55. The third kappa shape index (κ3) is 3.01. The number of nitrogens with zero attached hydrogens (tertiary/aromatic N) is 4. The van der Waals surface area contributed by atoms with Gasteiger partial charge in [0.1, 0.15) is 22.9 Å². The highest BCUT2D eigenvalue weighted by molar-refractivity contribution is 6.00. The first-order valence-electron chi connectivity index (χ1n) is 10.2. The van der Waals surface area contributed by atoms with Gasteiger partial charge in [-0.2, -0.15) is 0 Å². The minimum atomic E-state index is -0.0563. The van der Waals surface area contributed by atoms with E-state index in [9.17, 15) is 4.79 Å². The smallest absolute Gasteiger partial charge is 0.261 e. The molecule has 7 heteroatoms. The second kappa shape index (κ2) is 7.48. The maximum absolute atomic E-state index is 13.4. The molecule has 2 fully saturated rings. The van der Waals surface area contributed by atoms with Crippen LogP contribution in [0.15, 0.2) is 48.7 Å². The molecule has 30 heavy (non-hydrogen) atoms. The molecule has 2 aromatic carbocycles. The van der Waals surface area contributed by atoms with Crippen LogP contribution in [0.4, 0.5) is 5.82 Å². The summed E-state index contributed by atoms with van der Waals surface area (Å²) in [5, 5.41) is 0. The minimum Gasteiger partial charge on any atom is -0.496 e. The van der Waals surface area contributed by atoms with E-state index in [0.717, 1.165) is 36.4 Å². The lowest BCUT2D eigenvalue weighted by atomic mass is 9.82. The number of para-hydroxylation sites is 2. The highest BCUT2D eigenvalue weighted by Crippen LogP contribution is 2.37. The zero-order valence-corrected chi connectivity index (χ0v) is 17.1. The van der Waals surface area contributed by atoms with Crippen LogP contribution in [0.2, 0.25) is 0 Å². The largest absolute Gasteiger partial charge is 0.496 e. The summed E-state index contributed by atoms with van der Waals surface area (Å²) in [5.74, 6) is 2.46. The Morgan fingerprint density at radius 3 is 2.47 bits per heavy atom. The Morgan fingerprint density at radius 2 is 1.73 bits per heavy atom. The van der Waals surface area contributed by atoms with Crippen LogP contribution < -0.4 is 14.4 Å². The van der Waals surface area contributed by atoms with E-state index in [2.05, 4.69) is 9.88 Å². The van der Waals surface area contributed by atoms with Gasteiger partial charge in [-0.25, -0.2) is 4.98 Å². The van der Waals surface area contributed by atoms with Crippen molar-refractivity contribution in [2.45, 2.75) is 12.5 Å². The van der Waals surface area contributed by atoms with Crippen LogP contribution >= 0.6 is 0 Å². The maximum atomic E-state index is 13.4. The number of fused-ring (bicyclic) bond motifs is 2.